The molecule has 0 aliphatic heterocycles. The summed E-state index contributed by atoms with van der Waals surface area (Å²) in [5.74, 6) is 1.97. The molecule has 4 atom stereocenters. The summed E-state index contributed by atoms with van der Waals surface area (Å²) < 4.78 is 10.6. The lowest BCUT2D eigenvalue weighted by atomic mass is 9.86. The topological polar surface area (TPSA) is 81.4 Å². The Balaban J connectivity index is 1.44. The first-order valence-electron chi connectivity index (χ1n) is 9.57. The summed E-state index contributed by atoms with van der Waals surface area (Å²) in [5.41, 5.74) is 0.636. The zero-order chi connectivity index (χ0) is 18.8. The predicted molar refractivity (Wildman–Crippen MR) is 98.7 cm³/mol. The van der Waals surface area contributed by atoms with Crippen LogP contribution >= 0.6 is 0 Å². The number of carbonyl (C=O) groups is 2. The number of amides is 1. The molecule has 1 N–H and O–H groups in total. The Morgan fingerprint density at radius 3 is 2.70 bits per heavy atom. The molecule has 6 nitrogen and oxygen atoms in total. The molecule has 2 fully saturated rings. The Kier molecular flexibility index (Phi) is 4.97. The summed E-state index contributed by atoms with van der Waals surface area (Å²) in [6.45, 7) is 1.74. The molecule has 2 aromatic rings. The molecule has 1 heterocycles. The third kappa shape index (κ3) is 4.04. The minimum Gasteiger partial charge on any atom is -0.447 e. The van der Waals surface area contributed by atoms with Crippen molar-refractivity contribution in [3.8, 4) is 0 Å². The van der Waals surface area contributed by atoms with Crippen molar-refractivity contribution >= 4 is 17.7 Å². The van der Waals surface area contributed by atoms with Crippen LogP contribution in [0.5, 0.6) is 0 Å². The number of hydrogen-bond acceptors (Lipinski definition) is 5. The van der Waals surface area contributed by atoms with Crippen molar-refractivity contribution < 1.29 is 18.8 Å². The van der Waals surface area contributed by atoms with E-state index in [-0.39, 0.29) is 5.97 Å². The molecule has 2 saturated carbocycles. The summed E-state index contributed by atoms with van der Waals surface area (Å²) >= 11 is 0. The molecule has 142 valence electrons. The van der Waals surface area contributed by atoms with Gasteiger partial charge in [0.05, 0.1) is 0 Å². The molecular weight excluding hydrogens is 344 g/mol. The molecule has 0 spiro atoms. The normalized spacial score (nSPS) is 24.6. The van der Waals surface area contributed by atoms with Crippen LogP contribution in [0.3, 0.4) is 0 Å². The van der Waals surface area contributed by atoms with Gasteiger partial charge in [0.1, 0.15) is 5.76 Å². The average Bonchev–Trinajstić information content (AvgIpc) is 3.38. The van der Waals surface area contributed by atoms with E-state index < -0.39 is 12.0 Å². The van der Waals surface area contributed by atoms with E-state index in [2.05, 4.69) is 10.5 Å². The van der Waals surface area contributed by atoms with Crippen LogP contribution in [0.1, 0.15) is 49.5 Å². The summed E-state index contributed by atoms with van der Waals surface area (Å²) in [6, 6.07) is 10.7. The molecule has 2 aliphatic carbocycles. The van der Waals surface area contributed by atoms with Gasteiger partial charge in [0.25, 0.3) is 5.91 Å². The lowest BCUT2D eigenvalue weighted by Crippen LogP contribution is -2.27. The minimum absolute atomic E-state index is 0.308. The molecule has 1 aromatic heterocycles. The Labute approximate surface area is 158 Å². The van der Waals surface area contributed by atoms with Gasteiger partial charge in [-0.05, 0) is 43.9 Å². The van der Waals surface area contributed by atoms with Gasteiger partial charge < -0.3 is 14.6 Å². The maximum Gasteiger partial charge on any atom is 0.307 e. The molecule has 0 radical (unpaired) electrons. The first kappa shape index (κ1) is 17.8. The van der Waals surface area contributed by atoms with Crippen LogP contribution in [0.2, 0.25) is 0 Å². The van der Waals surface area contributed by atoms with E-state index in [1.54, 1.807) is 25.1 Å². The van der Waals surface area contributed by atoms with Gasteiger partial charge in [-0.3, -0.25) is 9.59 Å². The molecule has 27 heavy (non-hydrogen) atoms. The van der Waals surface area contributed by atoms with Gasteiger partial charge in [-0.2, -0.15) is 0 Å². The van der Waals surface area contributed by atoms with E-state index in [1.807, 2.05) is 18.2 Å². The maximum absolute atomic E-state index is 12.8. The number of esters is 1. The summed E-state index contributed by atoms with van der Waals surface area (Å²) in [4.78, 5) is 25.3. The molecular formula is C21H24N2O4. The fraction of sp³-hybridized carbons (Fsp3) is 0.476. The average molecular weight is 368 g/mol. The molecule has 6 heteroatoms. The quantitative estimate of drug-likeness (QED) is 0.779. The van der Waals surface area contributed by atoms with Crippen molar-refractivity contribution in [1.82, 2.24) is 5.16 Å². The van der Waals surface area contributed by atoms with Crippen molar-refractivity contribution in [2.45, 2.75) is 45.1 Å². The smallest absolute Gasteiger partial charge is 0.307 e. The summed E-state index contributed by atoms with van der Waals surface area (Å²) in [7, 11) is 0. The Morgan fingerprint density at radius 1 is 1.26 bits per heavy atom. The van der Waals surface area contributed by atoms with Gasteiger partial charge in [0, 0.05) is 18.1 Å². The van der Waals surface area contributed by atoms with E-state index in [1.165, 1.54) is 19.3 Å². The van der Waals surface area contributed by atoms with E-state index in [4.69, 9.17) is 9.26 Å². The van der Waals surface area contributed by atoms with Crippen LogP contribution in [-0.2, 0) is 14.3 Å². The number of anilines is 1. The first-order valence-corrected chi connectivity index (χ1v) is 9.57. The highest BCUT2D eigenvalue weighted by Crippen LogP contribution is 2.49. The second-order valence-electron chi connectivity index (χ2n) is 7.73. The van der Waals surface area contributed by atoms with Gasteiger partial charge >= 0.3 is 5.97 Å². The fourth-order valence-electron chi connectivity index (χ4n) is 4.54. The molecule has 0 unspecified atom stereocenters. The van der Waals surface area contributed by atoms with Crippen LogP contribution < -0.4 is 5.32 Å². The Morgan fingerprint density at radius 2 is 2.07 bits per heavy atom. The van der Waals surface area contributed by atoms with Crippen molar-refractivity contribution in [2.75, 3.05) is 5.32 Å². The van der Waals surface area contributed by atoms with Crippen LogP contribution in [0.15, 0.2) is 40.9 Å². The van der Waals surface area contributed by atoms with Gasteiger partial charge in [0.15, 0.2) is 5.82 Å². The standard InChI is InChI=1S/C21H24N2O4/c1-13-9-18(23-27-13)22-21(25)20(15-5-3-2-4-6-15)26-19(24)12-17-11-14-7-8-16(17)10-14/h2-6,9,14,16-17,20H,7-8,10-12H2,1H3,(H,22,23,25)/t14-,16-,17-,20-/m0/s1. The van der Waals surface area contributed by atoms with Crippen molar-refractivity contribution in [3.05, 3.63) is 47.7 Å². The van der Waals surface area contributed by atoms with Crippen LogP contribution in [0.4, 0.5) is 5.82 Å². The highest BCUT2D eigenvalue weighted by Gasteiger charge is 2.41. The van der Waals surface area contributed by atoms with Gasteiger partial charge in [-0.25, -0.2) is 0 Å². The van der Waals surface area contributed by atoms with Crippen LogP contribution in [-0.4, -0.2) is 17.0 Å². The summed E-state index contributed by atoms with van der Waals surface area (Å²) in [5, 5.41) is 6.44. The lowest BCUT2D eigenvalue weighted by Gasteiger charge is -2.22. The highest BCUT2D eigenvalue weighted by atomic mass is 16.5. The predicted octanol–water partition coefficient (Wildman–Crippen LogP) is 4.03. The molecule has 0 saturated heterocycles. The third-order valence-corrected chi connectivity index (χ3v) is 5.78. The second-order valence-corrected chi connectivity index (χ2v) is 7.73. The zero-order valence-electron chi connectivity index (χ0n) is 15.4. The maximum atomic E-state index is 12.8. The first-order chi connectivity index (χ1) is 13.1. The largest absolute Gasteiger partial charge is 0.447 e. The Hall–Kier alpha value is -2.63. The number of fused-ring (bicyclic) bond motifs is 2. The number of carbonyl (C=O) groups excluding carboxylic acids is 2. The number of ether oxygens (including phenoxy) is 1. The number of rotatable bonds is 6. The van der Waals surface area contributed by atoms with Crippen LogP contribution in [0, 0.1) is 24.7 Å². The van der Waals surface area contributed by atoms with E-state index in [0.29, 0.717) is 35.4 Å². The summed E-state index contributed by atoms with van der Waals surface area (Å²) in [6.07, 6.45) is 4.25. The van der Waals surface area contributed by atoms with Crippen molar-refractivity contribution in [2.24, 2.45) is 17.8 Å². The molecule has 1 amide bonds. The molecule has 4 rings (SSSR count). The lowest BCUT2D eigenvalue weighted by molar-refractivity contribution is -0.156. The van der Waals surface area contributed by atoms with Crippen molar-refractivity contribution in [3.63, 3.8) is 0 Å². The SMILES string of the molecule is Cc1cc(NC(=O)[C@@H](OC(=O)C[C@@H]2C[C@H]3CC[C@H]2C3)c2ccccc2)no1. The monoisotopic (exact) mass is 368 g/mol. The molecule has 2 bridgehead atoms. The van der Waals surface area contributed by atoms with Crippen molar-refractivity contribution in [1.29, 1.82) is 0 Å². The Bertz CT molecular complexity index is 817. The number of hydrogen-bond donors (Lipinski definition) is 1. The zero-order valence-corrected chi connectivity index (χ0v) is 15.4. The molecule has 1 aromatic carbocycles. The van der Waals surface area contributed by atoms with E-state index in [9.17, 15) is 9.59 Å². The van der Waals surface area contributed by atoms with Gasteiger partial charge in [-0.1, -0.05) is 41.9 Å². The third-order valence-electron chi connectivity index (χ3n) is 5.78. The van der Waals surface area contributed by atoms with E-state index in [0.717, 1.165) is 12.3 Å². The second kappa shape index (κ2) is 7.55. The highest BCUT2D eigenvalue weighted by molar-refractivity contribution is 5.95. The number of nitrogens with one attached hydrogen (secondary N) is 1. The van der Waals surface area contributed by atoms with Gasteiger partial charge in [0.2, 0.25) is 6.10 Å². The minimum atomic E-state index is -1.01. The number of nitrogens with zero attached hydrogens (tertiary/aromatic N) is 1. The number of aryl methyl sites for hydroxylation is 1. The van der Waals surface area contributed by atoms with Crippen LogP contribution in [0.25, 0.3) is 0 Å². The number of benzene rings is 1. The molecule has 2 aliphatic rings. The van der Waals surface area contributed by atoms with E-state index >= 15 is 0 Å². The number of aromatic nitrogens is 1. The fourth-order valence-corrected chi connectivity index (χ4v) is 4.54. The van der Waals surface area contributed by atoms with Gasteiger partial charge in [-0.15, -0.1) is 0 Å².